The zero-order valence-electron chi connectivity index (χ0n) is 14.2. The lowest BCUT2D eigenvalue weighted by molar-refractivity contribution is 0.0951. The summed E-state index contributed by atoms with van der Waals surface area (Å²) in [5, 5.41) is 5.05. The zero-order chi connectivity index (χ0) is 17.8. The number of anilines is 1. The van der Waals surface area contributed by atoms with Crippen molar-refractivity contribution in [2.75, 3.05) is 31.2 Å². The molecule has 3 aromatic rings. The number of hydrogen-bond donors (Lipinski definition) is 1. The number of ether oxygens (including phenoxy) is 1. The zero-order valence-corrected chi connectivity index (χ0v) is 15.8. The number of morpholine rings is 1. The Morgan fingerprint density at radius 3 is 2.77 bits per heavy atom. The van der Waals surface area contributed by atoms with E-state index >= 15 is 0 Å². The number of hydrogen-bond acceptors (Lipinski definition) is 6. The van der Waals surface area contributed by atoms with E-state index in [0.717, 1.165) is 37.0 Å². The minimum Gasteiger partial charge on any atom is -0.378 e. The first kappa shape index (κ1) is 17.2. The molecular weight excluding hydrogens is 366 g/mol. The standard InChI is InChI=1S/C19H19N3O2S2/c23-19(14-3-6-18(20-12-14)22-7-9-24-10-8-22)21-13-15-4-5-17(26-15)16-2-1-11-25-16/h1-6,11-12H,7-10,13H2,(H,21,23). The Balaban J connectivity index is 1.34. The molecule has 1 aliphatic heterocycles. The molecule has 0 atom stereocenters. The molecular formula is C19H19N3O2S2. The Labute approximate surface area is 160 Å². The van der Waals surface area contributed by atoms with Gasteiger partial charge in [-0.25, -0.2) is 4.98 Å². The fourth-order valence-electron chi connectivity index (χ4n) is 2.79. The highest BCUT2D eigenvalue weighted by atomic mass is 32.1. The van der Waals surface area contributed by atoms with Gasteiger partial charge in [0.15, 0.2) is 0 Å². The molecule has 0 aliphatic carbocycles. The summed E-state index contributed by atoms with van der Waals surface area (Å²) in [4.78, 5) is 22.6. The van der Waals surface area contributed by atoms with Gasteiger partial charge in [0, 0.05) is 33.9 Å². The van der Waals surface area contributed by atoms with Gasteiger partial charge in [-0.05, 0) is 35.7 Å². The predicted octanol–water partition coefficient (Wildman–Crippen LogP) is 3.64. The quantitative estimate of drug-likeness (QED) is 0.729. The molecule has 0 bridgehead atoms. The maximum atomic E-state index is 12.4. The van der Waals surface area contributed by atoms with E-state index in [9.17, 15) is 4.79 Å². The number of aromatic nitrogens is 1. The van der Waals surface area contributed by atoms with Gasteiger partial charge in [0.1, 0.15) is 5.82 Å². The summed E-state index contributed by atoms with van der Waals surface area (Å²) in [6.45, 7) is 3.64. The Hall–Kier alpha value is -2.22. The van der Waals surface area contributed by atoms with Crippen molar-refractivity contribution in [3.05, 3.63) is 58.4 Å². The maximum Gasteiger partial charge on any atom is 0.253 e. The van der Waals surface area contributed by atoms with E-state index in [1.54, 1.807) is 28.9 Å². The largest absolute Gasteiger partial charge is 0.378 e. The van der Waals surface area contributed by atoms with E-state index in [0.29, 0.717) is 12.1 Å². The number of rotatable bonds is 5. The van der Waals surface area contributed by atoms with Crippen LogP contribution in [-0.4, -0.2) is 37.2 Å². The van der Waals surface area contributed by atoms with E-state index in [4.69, 9.17) is 4.74 Å². The average molecular weight is 386 g/mol. The topological polar surface area (TPSA) is 54.5 Å². The van der Waals surface area contributed by atoms with E-state index < -0.39 is 0 Å². The summed E-state index contributed by atoms with van der Waals surface area (Å²) in [7, 11) is 0. The third-order valence-electron chi connectivity index (χ3n) is 4.19. The predicted molar refractivity (Wildman–Crippen MR) is 106 cm³/mol. The first-order valence-electron chi connectivity index (χ1n) is 8.49. The molecule has 1 amide bonds. The molecule has 0 aromatic carbocycles. The smallest absolute Gasteiger partial charge is 0.253 e. The summed E-state index contributed by atoms with van der Waals surface area (Å²) < 4.78 is 5.35. The van der Waals surface area contributed by atoms with Crippen molar-refractivity contribution < 1.29 is 9.53 Å². The minimum absolute atomic E-state index is 0.0999. The highest BCUT2D eigenvalue weighted by molar-refractivity contribution is 7.21. The Kier molecular flexibility index (Phi) is 5.29. The molecule has 26 heavy (non-hydrogen) atoms. The van der Waals surface area contributed by atoms with Crippen molar-refractivity contribution in [2.45, 2.75) is 6.54 Å². The Morgan fingerprint density at radius 2 is 2.04 bits per heavy atom. The number of nitrogens with zero attached hydrogens (tertiary/aromatic N) is 2. The van der Waals surface area contributed by atoms with Gasteiger partial charge < -0.3 is 15.0 Å². The van der Waals surface area contributed by atoms with E-state index in [2.05, 4.69) is 44.8 Å². The molecule has 7 heteroatoms. The van der Waals surface area contributed by atoms with Crippen LogP contribution in [0, 0.1) is 0 Å². The normalized spacial score (nSPS) is 14.4. The molecule has 0 saturated carbocycles. The molecule has 134 valence electrons. The molecule has 3 aromatic heterocycles. The molecule has 4 rings (SSSR count). The molecule has 1 fully saturated rings. The van der Waals surface area contributed by atoms with Crippen molar-refractivity contribution in [1.82, 2.24) is 10.3 Å². The number of amides is 1. The van der Waals surface area contributed by atoms with Crippen LogP contribution in [0.25, 0.3) is 9.75 Å². The van der Waals surface area contributed by atoms with Crippen molar-refractivity contribution in [1.29, 1.82) is 0 Å². The highest BCUT2D eigenvalue weighted by Gasteiger charge is 2.13. The van der Waals surface area contributed by atoms with Crippen molar-refractivity contribution in [2.24, 2.45) is 0 Å². The SMILES string of the molecule is O=C(NCc1ccc(-c2cccs2)s1)c1ccc(N2CCOCC2)nc1. The van der Waals surface area contributed by atoms with E-state index in [1.807, 2.05) is 12.1 Å². The summed E-state index contributed by atoms with van der Waals surface area (Å²) in [6.07, 6.45) is 1.64. The molecule has 5 nitrogen and oxygen atoms in total. The highest BCUT2D eigenvalue weighted by Crippen LogP contribution is 2.31. The van der Waals surface area contributed by atoms with Gasteiger partial charge in [-0.2, -0.15) is 0 Å². The number of nitrogens with one attached hydrogen (secondary N) is 1. The molecule has 1 saturated heterocycles. The van der Waals surface area contributed by atoms with Gasteiger partial charge in [0.05, 0.1) is 25.3 Å². The minimum atomic E-state index is -0.0999. The Bertz CT molecular complexity index is 853. The number of carbonyl (C=O) groups excluding carboxylic acids is 1. The van der Waals surface area contributed by atoms with Gasteiger partial charge in [-0.3, -0.25) is 4.79 Å². The van der Waals surface area contributed by atoms with Gasteiger partial charge in [0.25, 0.3) is 5.91 Å². The first-order chi connectivity index (χ1) is 12.8. The molecule has 1 aliphatic rings. The third-order valence-corrected chi connectivity index (χ3v) is 6.34. The van der Waals surface area contributed by atoms with Gasteiger partial charge in [0.2, 0.25) is 0 Å². The van der Waals surface area contributed by atoms with Crippen LogP contribution >= 0.6 is 22.7 Å². The van der Waals surface area contributed by atoms with Gasteiger partial charge in [-0.15, -0.1) is 22.7 Å². The third kappa shape index (κ3) is 3.95. The first-order valence-corrected chi connectivity index (χ1v) is 10.2. The van der Waals surface area contributed by atoms with Gasteiger partial charge >= 0.3 is 0 Å². The monoisotopic (exact) mass is 385 g/mol. The average Bonchev–Trinajstić information content (AvgIpc) is 3.38. The molecule has 0 unspecified atom stereocenters. The Morgan fingerprint density at radius 1 is 1.15 bits per heavy atom. The second-order valence-corrected chi connectivity index (χ2v) is 8.05. The number of pyridine rings is 1. The van der Waals surface area contributed by atoms with Crippen LogP contribution in [0.4, 0.5) is 5.82 Å². The summed E-state index contributed by atoms with van der Waals surface area (Å²) in [6, 6.07) is 12.1. The van der Waals surface area contributed by atoms with Crippen LogP contribution in [-0.2, 0) is 11.3 Å². The lowest BCUT2D eigenvalue weighted by Gasteiger charge is -2.27. The van der Waals surface area contributed by atoms with Crippen molar-refractivity contribution in [3.8, 4) is 9.75 Å². The molecule has 0 spiro atoms. The second-order valence-electron chi connectivity index (χ2n) is 5.93. The second kappa shape index (κ2) is 7.99. The van der Waals surface area contributed by atoms with Crippen LogP contribution in [0.5, 0.6) is 0 Å². The number of thiophene rings is 2. The fourth-order valence-corrected chi connectivity index (χ4v) is 4.58. The molecule has 1 N–H and O–H groups in total. The summed E-state index contributed by atoms with van der Waals surface area (Å²) in [5.74, 6) is 0.792. The van der Waals surface area contributed by atoms with E-state index in [-0.39, 0.29) is 5.91 Å². The van der Waals surface area contributed by atoms with E-state index in [1.165, 1.54) is 9.75 Å². The van der Waals surface area contributed by atoms with Crippen molar-refractivity contribution in [3.63, 3.8) is 0 Å². The van der Waals surface area contributed by atoms with Crippen LogP contribution in [0.15, 0.2) is 48.0 Å². The summed E-state index contributed by atoms with van der Waals surface area (Å²) in [5.41, 5.74) is 0.581. The molecule has 0 radical (unpaired) electrons. The lowest BCUT2D eigenvalue weighted by atomic mass is 10.2. The van der Waals surface area contributed by atoms with Crippen molar-refractivity contribution >= 4 is 34.4 Å². The van der Waals surface area contributed by atoms with Crippen LogP contribution in [0.1, 0.15) is 15.2 Å². The van der Waals surface area contributed by atoms with Crippen LogP contribution < -0.4 is 10.2 Å². The number of carbonyl (C=O) groups is 1. The van der Waals surface area contributed by atoms with Gasteiger partial charge in [-0.1, -0.05) is 6.07 Å². The molecule has 4 heterocycles. The maximum absolute atomic E-state index is 12.4. The lowest BCUT2D eigenvalue weighted by Crippen LogP contribution is -2.36. The van der Waals surface area contributed by atoms with Crippen LogP contribution in [0.3, 0.4) is 0 Å². The fraction of sp³-hybridized carbons (Fsp3) is 0.263. The summed E-state index contributed by atoms with van der Waals surface area (Å²) >= 11 is 3.44. The van der Waals surface area contributed by atoms with Crippen LogP contribution in [0.2, 0.25) is 0 Å².